The van der Waals surface area contributed by atoms with Crippen molar-refractivity contribution in [2.75, 3.05) is 40.2 Å². The highest BCUT2D eigenvalue weighted by atomic mass is 35.5. The van der Waals surface area contributed by atoms with Crippen molar-refractivity contribution < 1.29 is 36.2 Å². The summed E-state index contributed by atoms with van der Waals surface area (Å²) in [5, 5.41) is 1.05. The molecule has 0 radical (unpaired) electrons. The van der Waals surface area contributed by atoms with Gasteiger partial charge in [-0.1, -0.05) is 23.2 Å². The second-order valence-electron chi connectivity index (χ2n) is 10.4. The van der Waals surface area contributed by atoms with Gasteiger partial charge in [0.15, 0.2) is 12.3 Å². The lowest BCUT2D eigenvalue weighted by atomic mass is 10.2. The van der Waals surface area contributed by atoms with Crippen molar-refractivity contribution in [2.45, 2.75) is 38.8 Å². The normalized spacial score (nSPS) is 17.4. The lowest BCUT2D eigenvalue weighted by Gasteiger charge is -2.21. The molecule has 1 fully saturated rings. The van der Waals surface area contributed by atoms with E-state index >= 15 is 0 Å². The van der Waals surface area contributed by atoms with Gasteiger partial charge >= 0.3 is 11.9 Å². The van der Waals surface area contributed by atoms with Gasteiger partial charge in [-0.15, -0.1) is 0 Å². The standard InChI is InChI=1S/C30H32Cl2N2O7S3/c1-20(14-28-33(9-2-13-44(36,37)38)24-16-21(31)4-6-26(24)40-28)15-29-34(25-17-22(32)5-7-27(25)41-29)10-8-30(35)39-23-18-42-11-3-12-43-19-23/h4-7,14-17,23H,2-3,8-13,18-19H2,1H3/p+1. The van der Waals surface area contributed by atoms with Gasteiger partial charge in [0.25, 0.3) is 15.6 Å². The topological polar surface area (TPSA) is 110 Å². The molecule has 0 bridgehead atoms. The summed E-state index contributed by atoms with van der Waals surface area (Å²) in [7, 11) is -4.11. The van der Waals surface area contributed by atoms with E-state index in [0.717, 1.165) is 34.3 Å². The number of nitrogens with zero attached hydrogens (tertiary/aromatic N) is 2. The van der Waals surface area contributed by atoms with Gasteiger partial charge in [-0.05, 0) is 60.8 Å². The number of aromatic nitrogens is 1. The minimum Gasteiger partial charge on any atom is -0.461 e. The van der Waals surface area contributed by atoms with Crippen LogP contribution in [0, 0.1) is 0 Å². The fourth-order valence-corrected chi connectivity index (χ4v) is 8.00. The molecule has 0 spiro atoms. The molecule has 3 aromatic rings. The number of rotatable bonds is 10. The van der Waals surface area contributed by atoms with E-state index in [2.05, 4.69) is 0 Å². The molecule has 2 aliphatic rings. The van der Waals surface area contributed by atoms with Crippen molar-refractivity contribution in [1.82, 2.24) is 0 Å². The van der Waals surface area contributed by atoms with Crippen molar-refractivity contribution in [3.8, 4) is 5.75 Å². The zero-order chi connectivity index (χ0) is 31.3. The molecule has 1 saturated heterocycles. The Morgan fingerprint density at radius 1 is 1.16 bits per heavy atom. The fraction of sp³-hybridized carbons (Fsp3) is 0.400. The third-order valence-electron chi connectivity index (χ3n) is 6.89. The number of ether oxygens (including phenoxy) is 2. The van der Waals surface area contributed by atoms with E-state index in [1.807, 2.05) is 52.1 Å². The van der Waals surface area contributed by atoms with Gasteiger partial charge in [-0.3, -0.25) is 9.35 Å². The van der Waals surface area contributed by atoms with Gasteiger partial charge in [0.2, 0.25) is 11.5 Å². The maximum absolute atomic E-state index is 12.9. The van der Waals surface area contributed by atoms with Gasteiger partial charge in [0, 0.05) is 46.7 Å². The molecule has 0 aliphatic carbocycles. The van der Waals surface area contributed by atoms with E-state index in [1.165, 1.54) is 6.42 Å². The number of hydrogen-bond acceptors (Lipinski definition) is 9. The van der Waals surface area contributed by atoms with Crippen LogP contribution in [-0.4, -0.2) is 60.4 Å². The zero-order valence-corrected chi connectivity index (χ0v) is 28.0. The molecule has 14 heteroatoms. The first-order valence-corrected chi connectivity index (χ1v) is 18.8. The minimum absolute atomic E-state index is 0.0996. The van der Waals surface area contributed by atoms with Gasteiger partial charge in [-0.25, -0.2) is 0 Å². The van der Waals surface area contributed by atoms with Crippen LogP contribution in [0.2, 0.25) is 10.0 Å². The van der Waals surface area contributed by atoms with Crippen LogP contribution in [0.3, 0.4) is 0 Å². The van der Waals surface area contributed by atoms with E-state index in [-0.39, 0.29) is 37.2 Å². The monoisotopic (exact) mass is 699 g/mol. The number of oxazole rings is 1. The highest BCUT2D eigenvalue weighted by Crippen LogP contribution is 2.41. The average Bonchev–Trinajstić information content (AvgIpc) is 3.44. The van der Waals surface area contributed by atoms with E-state index in [0.29, 0.717) is 45.2 Å². The summed E-state index contributed by atoms with van der Waals surface area (Å²) < 4.78 is 51.8. The maximum Gasteiger partial charge on any atom is 0.374 e. The fourth-order valence-electron chi connectivity index (χ4n) is 4.92. The zero-order valence-electron chi connectivity index (χ0n) is 24.0. The number of halogens is 2. The molecule has 0 amide bonds. The SMILES string of the molecule is CC(=Cc1oc2ccc(Cl)cc2[n+]1CCCS(=O)(=O)O)C=C1Oc2ccc(Cl)cc2N1CCC(=O)OC1CSCCCSC1. The van der Waals surface area contributed by atoms with E-state index in [9.17, 15) is 17.8 Å². The van der Waals surface area contributed by atoms with Gasteiger partial charge < -0.3 is 18.8 Å². The number of benzene rings is 2. The quantitative estimate of drug-likeness (QED) is 0.141. The number of hydrogen-bond donors (Lipinski definition) is 1. The highest BCUT2D eigenvalue weighted by molar-refractivity contribution is 8.00. The Balaban J connectivity index is 1.37. The molecule has 2 aromatic carbocycles. The number of anilines is 1. The van der Waals surface area contributed by atoms with Crippen LogP contribution in [0.25, 0.3) is 17.2 Å². The van der Waals surface area contributed by atoms with Crippen LogP contribution in [-0.2, 0) is 26.2 Å². The minimum atomic E-state index is -4.11. The van der Waals surface area contributed by atoms with Crippen LogP contribution in [0.15, 0.2) is 58.3 Å². The summed E-state index contributed by atoms with van der Waals surface area (Å²) in [6.07, 6.45) is 5.06. The molecule has 0 saturated carbocycles. The highest BCUT2D eigenvalue weighted by Gasteiger charge is 2.29. The molecule has 9 nitrogen and oxygen atoms in total. The predicted octanol–water partition coefficient (Wildman–Crippen LogP) is 6.62. The smallest absolute Gasteiger partial charge is 0.374 e. The van der Waals surface area contributed by atoms with E-state index in [4.69, 9.17) is 37.1 Å². The summed E-state index contributed by atoms with van der Waals surface area (Å²) in [5.41, 5.74) is 2.79. The van der Waals surface area contributed by atoms with Crippen LogP contribution < -0.4 is 14.2 Å². The van der Waals surface area contributed by atoms with Crippen molar-refractivity contribution in [2.24, 2.45) is 0 Å². The first-order valence-electron chi connectivity index (χ1n) is 14.1. The predicted molar refractivity (Wildman–Crippen MR) is 177 cm³/mol. The lowest BCUT2D eigenvalue weighted by Crippen LogP contribution is -2.36. The second kappa shape index (κ2) is 14.8. The summed E-state index contributed by atoms with van der Waals surface area (Å²) >= 11 is 16.2. The second-order valence-corrected chi connectivity index (χ2v) is 15.2. The number of thioether (sulfide) groups is 2. The van der Waals surface area contributed by atoms with Crippen molar-refractivity contribution >= 4 is 85.7 Å². The molecular formula is C30H33Cl2N2O7S3+. The van der Waals surface area contributed by atoms with Crippen molar-refractivity contribution in [1.29, 1.82) is 0 Å². The Kier molecular flexibility index (Phi) is 11.1. The largest absolute Gasteiger partial charge is 0.461 e. The van der Waals surface area contributed by atoms with Crippen LogP contribution in [0.1, 0.15) is 32.1 Å². The third-order valence-corrected chi connectivity index (χ3v) is 10.5. The number of esters is 1. The van der Waals surface area contributed by atoms with Gasteiger partial charge in [0.1, 0.15) is 6.10 Å². The Morgan fingerprint density at radius 3 is 2.64 bits per heavy atom. The summed E-state index contributed by atoms with van der Waals surface area (Å²) in [6, 6.07) is 10.5. The summed E-state index contributed by atoms with van der Waals surface area (Å²) in [6.45, 7) is 2.48. The number of carbonyl (C=O) groups is 1. The van der Waals surface area contributed by atoms with Crippen molar-refractivity contribution in [3.63, 3.8) is 0 Å². The Labute approximate surface area is 275 Å². The molecule has 0 atom stereocenters. The molecular weight excluding hydrogens is 667 g/mol. The molecule has 1 N–H and O–H groups in total. The Morgan fingerprint density at radius 2 is 1.89 bits per heavy atom. The van der Waals surface area contributed by atoms with Crippen molar-refractivity contribution in [3.05, 3.63) is 69.9 Å². The van der Waals surface area contributed by atoms with Crippen LogP contribution >= 0.6 is 46.7 Å². The van der Waals surface area contributed by atoms with Crippen LogP contribution in [0.4, 0.5) is 5.69 Å². The molecule has 2 aliphatic heterocycles. The van der Waals surface area contributed by atoms with E-state index in [1.54, 1.807) is 36.4 Å². The average molecular weight is 701 g/mol. The van der Waals surface area contributed by atoms with Gasteiger partial charge in [0.05, 0.1) is 23.9 Å². The molecule has 44 heavy (non-hydrogen) atoms. The first kappa shape index (κ1) is 33.0. The number of fused-ring (bicyclic) bond motifs is 2. The number of allylic oxidation sites excluding steroid dienone is 2. The molecule has 5 rings (SSSR count). The van der Waals surface area contributed by atoms with Gasteiger partial charge in [-0.2, -0.15) is 36.5 Å². The Bertz CT molecular complexity index is 1680. The maximum atomic E-state index is 12.9. The molecule has 0 unspecified atom stereocenters. The first-order chi connectivity index (χ1) is 21.1. The number of carbonyl (C=O) groups excluding carboxylic acids is 1. The summed E-state index contributed by atoms with van der Waals surface area (Å²) in [5.74, 6) is 4.73. The van der Waals surface area contributed by atoms with Crippen LogP contribution in [0.5, 0.6) is 5.75 Å². The van der Waals surface area contributed by atoms with E-state index < -0.39 is 10.1 Å². The molecule has 236 valence electrons. The molecule has 3 heterocycles. The lowest BCUT2D eigenvalue weighted by molar-refractivity contribution is -0.677. The molecule has 1 aromatic heterocycles. The Hall–Kier alpha value is -2.35. The summed E-state index contributed by atoms with van der Waals surface area (Å²) in [4.78, 5) is 14.8. The number of aryl methyl sites for hydroxylation is 1. The third kappa shape index (κ3) is 8.88.